The van der Waals surface area contributed by atoms with Gasteiger partial charge in [-0.3, -0.25) is 10.1 Å². The SMILES string of the molecule is NC(=O)c1c(SCc2ccc(Cl)cc2)nsc1NC(=O)NCCCN1CCCC1. The Hall–Kier alpha value is -1.81. The van der Waals surface area contributed by atoms with Gasteiger partial charge in [0.25, 0.3) is 5.91 Å². The zero-order chi connectivity index (χ0) is 20.6. The summed E-state index contributed by atoms with van der Waals surface area (Å²) in [5.74, 6) is 0.00486. The molecule has 0 bridgehead atoms. The minimum absolute atomic E-state index is 0.251. The van der Waals surface area contributed by atoms with Crippen LogP contribution in [-0.2, 0) is 5.75 Å². The number of carbonyl (C=O) groups excluding carboxylic acids is 2. The van der Waals surface area contributed by atoms with Crippen molar-refractivity contribution in [2.75, 3.05) is 31.5 Å². The molecule has 1 aliphatic heterocycles. The number of nitrogens with two attached hydrogens (primary N) is 1. The van der Waals surface area contributed by atoms with Crippen molar-refractivity contribution in [3.63, 3.8) is 0 Å². The van der Waals surface area contributed by atoms with E-state index in [0.29, 0.717) is 27.3 Å². The molecule has 7 nitrogen and oxygen atoms in total. The van der Waals surface area contributed by atoms with Crippen molar-refractivity contribution in [2.24, 2.45) is 5.73 Å². The van der Waals surface area contributed by atoms with E-state index in [-0.39, 0.29) is 11.6 Å². The predicted molar refractivity (Wildman–Crippen MR) is 119 cm³/mol. The molecule has 0 aliphatic carbocycles. The van der Waals surface area contributed by atoms with Gasteiger partial charge in [-0.1, -0.05) is 35.5 Å². The minimum atomic E-state index is -0.610. The van der Waals surface area contributed by atoms with Crippen LogP contribution in [0, 0.1) is 0 Å². The van der Waals surface area contributed by atoms with Gasteiger partial charge >= 0.3 is 6.03 Å². The monoisotopic (exact) mass is 453 g/mol. The Bertz CT molecular complexity index is 838. The molecule has 0 radical (unpaired) electrons. The van der Waals surface area contributed by atoms with Crippen LogP contribution in [-0.4, -0.2) is 47.4 Å². The lowest BCUT2D eigenvalue weighted by Crippen LogP contribution is -2.32. The van der Waals surface area contributed by atoms with E-state index in [1.165, 1.54) is 24.6 Å². The highest BCUT2D eigenvalue weighted by molar-refractivity contribution is 7.98. The number of primary amides is 1. The van der Waals surface area contributed by atoms with Gasteiger partial charge in [-0.2, -0.15) is 4.37 Å². The van der Waals surface area contributed by atoms with Crippen molar-refractivity contribution in [3.8, 4) is 0 Å². The van der Waals surface area contributed by atoms with E-state index in [2.05, 4.69) is 19.9 Å². The van der Waals surface area contributed by atoms with Crippen molar-refractivity contribution >= 4 is 51.8 Å². The fraction of sp³-hybridized carbons (Fsp3) is 0.421. The molecule has 0 atom stereocenters. The topological polar surface area (TPSA) is 100 Å². The second kappa shape index (κ2) is 10.8. The Kier molecular flexibility index (Phi) is 8.17. The first-order chi connectivity index (χ1) is 14.0. The molecule has 156 valence electrons. The highest BCUT2D eigenvalue weighted by Crippen LogP contribution is 2.33. The number of benzene rings is 1. The maximum atomic E-state index is 12.2. The molecule has 10 heteroatoms. The van der Waals surface area contributed by atoms with Gasteiger partial charge < -0.3 is 16.0 Å². The van der Waals surface area contributed by atoms with Crippen molar-refractivity contribution in [1.29, 1.82) is 0 Å². The number of urea groups is 1. The summed E-state index contributed by atoms with van der Waals surface area (Å²) in [6.07, 6.45) is 3.40. The molecule has 1 aromatic heterocycles. The number of thioether (sulfide) groups is 1. The van der Waals surface area contributed by atoms with Gasteiger partial charge in [0.05, 0.1) is 0 Å². The molecule has 3 rings (SSSR count). The van der Waals surface area contributed by atoms with Crippen molar-refractivity contribution in [2.45, 2.75) is 30.0 Å². The first-order valence-electron chi connectivity index (χ1n) is 9.47. The molecular formula is C19H24ClN5O2S2. The summed E-state index contributed by atoms with van der Waals surface area (Å²) in [6, 6.07) is 7.11. The number of amides is 3. The van der Waals surface area contributed by atoms with Crippen LogP contribution in [0.3, 0.4) is 0 Å². The lowest BCUT2D eigenvalue weighted by atomic mass is 10.2. The maximum absolute atomic E-state index is 12.2. The summed E-state index contributed by atoms with van der Waals surface area (Å²) in [5, 5.41) is 7.09. The van der Waals surface area contributed by atoms with E-state index in [4.69, 9.17) is 17.3 Å². The third-order valence-corrected chi connectivity index (χ3v) is 6.74. The molecule has 0 saturated carbocycles. The smallest absolute Gasteiger partial charge is 0.319 e. The number of nitrogens with one attached hydrogen (secondary N) is 2. The highest BCUT2D eigenvalue weighted by Gasteiger charge is 2.21. The zero-order valence-corrected chi connectivity index (χ0v) is 18.3. The van der Waals surface area contributed by atoms with Crippen LogP contribution >= 0.6 is 34.9 Å². The van der Waals surface area contributed by atoms with Gasteiger partial charge in [0.2, 0.25) is 0 Å². The number of aromatic nitrogens is 1. The fourth-order valence-electron chi connectivity index (χ4n) is 3.07. The standard InChI is InChI=1S/C19H24ClN5O2S2/c20-14-6-4-13(5-7-14)12-28-18-15(16(21)26)17(29-24-18)23-19(27)22-8-3-11-25-9-1-2-10-25/h4-7H,1-3,8-12H2,(H2,21,26)(H2,22,23,27). The Labute approximate surface area is 183 Å². The van der Waals surface area contributed by atoms with Crippen LogP contribution in [0.1, 0.15) is 35.2 Å². The summed E-state index contributed by atoms with van der Waals surface area (Å²) >= 11 is 8.35. The molecule has 29 heavy (non-hydrogen) atoms. The van der Waals surface area contributed by atoms with Crippen LogP contribution in [0.25, 0.3) is 0 Å². The molecule has 1 aliphatic rings. The number of nitrogens with zero attached hydrogens (tertiary/aromatic N) is 2. The second-order valence-electron chi connectivity index (χ2n) is 6.75. The van der Waals surface area contributed by atoms with E-state index in [1.807, 2.05) is 24.3 Å². The fourth-order valence-corrected chi connectivity index (χ4v) is 5.12. The number of likely N-dealkylation sites (tertiary alicyclic amines) is 1. The van der Waals surface area contributed by atoms with Gasteiger partial charge in [0.15, 0.2) is 0 Å². The molecule has 0 unspecified atom stereocenters. The van der Waals surface area contributed by atoms with Crippen LogP contribution < -0.4 is 16.4 Å². The summed E-state index contributed by atoms with van der Waals surface area (Å²) in [6.45, 7) is 3.85. The van der Waals surface area contributed by atoms with Crippen molar-refractivity contribution in [1.82, 2.24) is 14.6 Å². The van der Waals surface area contributed by atoms with Gasteiger partial charge in [-0.15, -0.1) is 0 Å². The molecule has 1 fully saturated rings. The third-order valence-electron chi connectivity index (χ3n) is 4.56. The molecule has 2 heterocycles. The van der Waals surface area contributed by atoms with E-state index >= 15 is 0 Å². The largest absolute Gasteiger partial charge is 0.365 e. The molecule has 3 amide bonds. The number of hydrogen-bond donors (Lipinski definition) is 3. The molecule has 1 saturated heterocycles. The van der Waals surface area contributed by atoms with Gasteiger partial charge in [-0.05, 0) is 68.1 Å². The van der Waals surface area contributed by atoms with E-state index in [9.17, 15) is 9.59 Å². The number of hydrogen-bond acceptors (Lipinski definition) is 6. The van der Waals surface area contributed by atoms with Crippen LogP contribution in [0.15, 0.2) is 29.3 Å². The predicted octanol–water partition coefficient (Wildman–Crippen LogP) is 3.80. The lowest BCUT2D eigenvalue weighted by Gasteiger charge is -2.14. The maximum Gasteiger partial charge on any atom is 0.319 e. The van der Waals surface area contributed by atoms with Gasteiger partial charge in [0.1, 0.15) is 15.6 Å². The summed E-state index contributed by atoms with van der Waals surface area (Å²) in [7, 11) is 0. The van der Waals surface area contributed by atoms with E-state index < -0.39 is 5.91 Å². The summed E-state index contributed by atoms with van der Waals surface area (Å²) in [5.41, 5.74) is 6.84. The summed E-state index contributed by atoms with van der Waals surface area (Å²) in [4.78, 5) is 26.5. The average molecular weight is 454 g/mol. The Morgan fingerprint density at radius 1 is 1.24 bits per heavy atom. The quantitative estimate of drug-likeness (QED) is 0.396. The molecule has 2 aromatic rings. The first-order valence-corrected chi connectivity index (χ1v) is 11.6. The van der Waals surface area contributed by atoms with Crippen molar-refractivity contribution < 1.29 is 9.59 Å². The number of halogens is 1. The average Bonchev–Trinajstić information content (AvgIpc) is 3.34. The van der Waals surface area contributed by atoms with Crippen LogP contribution in [0.4, 0.5) is 9.80 Å². The van der Waals surface area contributed by atoms with Gasteiger partial charge in [0, 0.05) is 17.3 Å². The summed E-state index contributed by atoms with van der Waals surface area (Å²) < 4.78 is 4.30. The highest BCUT2D eigenvalue weighted by atomic mass is 35.5. The van der Waals surface area contributed by atoms with Crippen molar-refractivity contribution in [3.05, 3.63) is 40.4 Å². The zero-order valence-electron chi connectivity index (χ0n) is 15.9. The number of carbonyl (C=O) groups is 2. The third kappa shape index (κ3) is 6.60. The number of anilines is 1. The Balaban J connectivity index is 1.51. The number of rotatable bonds is 9. The molecular weight excluding hydrogens is 430 g/mol. The first kappa shape index (κ1) is 21.9. The molecule has 1 aromatic carbocycles. The Morgan fingerprint density at radius 3 is 2.66 bits per heavy atom. The normalized spacial score (nSPS) is 14.1. The van der Waals surface area contributed by atoms with E-state index in [1.54, 1.807) is 0 Å². The molecule has 4 N–H and O–H groups in total. The lowest BCUT2D eigenvalue weighted by molar-refractivity contribution is 0.0998. The van der Waals surface area contributed by atoms with Gasteiger partial charge in [-0.25, -0.2) is 4.79 Å². The second-order valence-corrected chi connectivity index (χ2v) is 8.93. The van der Waals surface area contributed by atoms with Crippen LogP contribution in [0.2, 0.25) is 5.02 Å². The molecule has 0 spiro atoms. The minimum Gasteiger partial charge on any atom is -0.365 e. The van der Waals surface area contributed by atoms with Crippen LogP contribution in [0.5, 0.6) is 0 Å². The van der Waals surface area contributed by atoms with E-state index in [0.717, 1.165) is 43.2 Å². The Morgan fingerprint density at radius 2 is 1.97 bits per heavy atom.